The first-order chi connectivity index (χ1) is 14.9. The van der Waals surface area contributed by atoms with Gasteiger partial charge in [-0.2, -0.15) is 8.78 Å². The summed E-state index contributed by atoms with van der Waals surface area (Å²) < 4.78 is 39.8. The van der Waals surface area contributed by atoms with Crippen LogP contribution in [0.5, 0.6) is 17.2 Å². The van der Waals surface area contributed by atoms with E-state index in [-0.39, 0.29) is 24.0 Å². The van der Waals surface area contributed by atoms with Gasteiger partial charge in [0, 0.05) is 12.1 Å². The van der Waals surface area contributed by atoms with E-state index in [1.807, 2.05) is 31.2 Å². The van der Waals surface area contributed by atoms with E-state index in [2.05, 4.69) is 15.0 Å². The molecule has 0 fully saturated rings. The van der Waals surface area contributed by atoms with Gasteiger partial charge in [-0.15, -0.1) is 11.3 Å². The molecule has 3 aromatic rings. The zero-order chi connectivity index (χ0) is 22.4. The van der Waals surface area contributed by atoms with Crippen LogP contribution in [-0.2, 0) is 6.54 Å². The van der Waals surface area contributed by atoms with Crippen molar-refractivity contribution in [3.8, 4) is 27.8 Å². The number of nitrogens with one attached hydrogen (secondary N) is 1. The molecule has 0 aliphatic carbocycles. The third-order valence-electron chi connectivity index (χ3n) is 4.31. The number of carbonyl (C=O) groups is 1. The predicted molar refractivity (Wildman–Crippen MR) is 114 cm³/mol. The highest BCUT2D eigenvalue weighted by molar-refractivity contribution is 7.17. The van der Waals surface area contributed by atoms with Crippen LogP contribution in [0.2, 0.25) is 0 Å². The fourth-order valence-electron chi connectivity index (χ4n) is 2.87. The Kier molecular flexibility index (Phi) is 7.41. The molecular weight excluding hydrogens is 426 g/mol. The van der Waals surface area contributed by atoms with Crippen LogP contribution < -0.4 is 19.5 Å². The van der Waals surface area contributed by atoms with E-state index in [1.54, 1.807) is 19.1 Å². The molecular formula is C22H22F2N2O4S. The average Bonchev–Trinajstić information content (AvgIpc) is 3.15. The van der Waals surface area contributed by atoms with Gasteiger partial charge in [0.05, 0.1) is 19.4 Å². The SMILES string of the molecule is CCOc1ccc(-c2nc(C)c(C(=O)NCc3ccc(OC(F)F)c(OC)c3)s2)cc1. The van der Waals surface area contributed by atoms with E-state index >= 15 is 0 Å². The maximum Gasteiger partial charge on any atom is 0.387 e. The van der Waals surface area contributed by atoms with Crippen molar-refractivity contribution < 1.29 is 27.8 Å². The van der Waals surface area contributed by atoms with Crippen molar-refractivity contribution in [2.24, 2.45) is 0 Å². The zero-order valence-electron chi connectivity index (χ0n) is 17.3. The monoisotopic (exact) mass is 448 g/mol. The molecule has 3 rings (SSSR count). The molecule has 1 N–H and O–H groups in total. The molecule has 164 valence electrons. The lowest BCUT2D eigenvalue weighted by Crippen LogP contribution is -2.22. The van der Waals surface area contributed by atoms with Gasteiger partial charge in [0.1, 0.15) is 15.6 Å². The molecule has 31 heavy (non-hydrogen) atoms. The number of alkyl halides is 2. The summed E-state index contributed by atoms with van der Waals surface area (Å²) in [6.45, 7) is 1.54. The van der Waals surface area contributed by atoms with Crippen LogP contribution in [0.1, 0.15) is 27.9 Å². The minimum Gasteiger partial charge on any atom is -0.494 e. The molecule has 0 spiro atoms. The van der Waals surface area contributed by atoms with Gasteiger partial charge in [-0.05, 0) is 55.8 Å². The smallest absolute Gasteiger partial charge is 0.387 e. The Bertz CT molecular complexity index is 1040. The molecule has 0 saturated heterocycles. The van der Waals surface area contributed by atoms with Crippen molar-refractivity contribution in [3.05, 3.63) is 58.6 Å². The predicted octanol–water partition coefficient (Wildman–Crippen LogP) is 5.06. The standard InChI is InChI=1S/C22H22F2N2O4S/c1-4-29-16-8-6-15(7-9-16)21-26-13(2)19(31-21)20(27)25-12-14-5-10-17(30-22(23)24)18(11-14)28-3/h5-11,22H,4,12H2,1-3H3,(H,25,27). The Morgan fingerprint density at radius 1 is 1.16 bits per heavy atom. The van der Waals surface area contributed by atoms with Gasteiger partial charge in [-0.1, -0.05) is 6.07 Å². The van der Waals surface area contributed by atoms with Gasteiger partial charge in [-0.3, -0.25) is 4.79 Å². The van der Waals surface area contributed by atoms with Gasteiger partial charge in [0.25, 0.3) is 5.91 Å². The Labute approximate surface area is 182 Å². The number of rotatable bonds is 9. The Morgan fingerprint density at radius 3 is 2.55 bits per heavy atom. The van der Waals surface area contributed by atoms with Crippen LogP contribution >= 0.6 is 11.3 Å². The molecule has 0 aliphatic rings. The summed E-state index contributed by atoms with van der Waals surface area (Å²) in [5, 5.41) is 3.56. The summed E-state index contributed by atoms with van der Waals surface area (Å²) in [6.07, 6.45) is 0. The first kappa shape index (κ1) is 22.5. The summed E-state index contributed by atoms with van der Waals surface area (Å²) >= 11 is 1.30. The number of amides is 1. The number of halogens is 2. The van der Waals surface area contributed by atoms with Crippen LogP contribution in [0, 0.1) is 6.92 Å². The molecule has 0 unspecified atom stereocenters. The second-order valence-corrected chi connectivity index (χ2v) is 7.44. The molecule has 1 amide bonds. The third-order valence-corrected chi connectivity index (χ3v) is 5.52. The van der Waals surface area contributed by atoms with Gasteiger partial charge in [0.2, 0.25) is 0 Å². The maximum atomic E-state index is 12.7. The number of aryl methyl sites for hydroxylation is 1. The number of hydrogen-bond donors (Lipinski definition) is 1. The van der Waals surface area contributed by atoms with Crippen LogP contribution in [0.25, 0.3) is 10.6 Å². The van der Waals surface area contributed by atoms with Gasteiger partial charge in [-0.25, -0.2) is 4.98 Å². The van der Waals surface area contributed by atoms with Crippen LogP contribution in [0.15, 0.2) is 42.5 Å². The van der Waals surface area contributed by atoms with Crippen LogP contribution in [0.4, 0.5) is 8.78 Å². The van der Waals surface area contributed by atoms with E-state index in [0.29, 0.717) is 22.7 Å². The summed E-state index contributed by atoms with van der Waals surface area (Å²) in [7, 11) is 1.36. The number of nitrogens with zero attached hydrogens (tertiary/aromatic N) is 1. The maximum absolute atomic E-state index is 12.7. The number of methoxy groups -OCH3 is 1. The van der Waals surface area contributed by atoms with Crippen molar-refractivity contribution in [3.63, 3.8) is 0 Å². The second kappa shape index (κ2) is 10.2. The summed E-state index contributed by atoms with van der Waals surface area (Å²) in [6, 6.07) is 12.1. The topological polar surface area (TPSA) is 69.7 Å². The molecule has 1 heterocycles. The van der Waals surface area contributed by atoms with Gasteiger partial charge in [0.15, 0.2) is 11.5 Å². The number of thiazole rings is 1. The molecule has 9 heteroatoms. The second-order valence-electron chi connectivity index (χ2n) is 6.44. The van der Waals surface area contributed by atoms with E-state index in [4.69, 9.17) is 9.47 Å². The molecule has 2 aromatic carbocycles. The number of benzene rings is 2. The number of aromatic nitrogens is 1. The third kappa shape index (κ3) is 5.69. The number of carbonyl (C=O) groups excluding carboxylic acids is 1. The molecule has 0 radical (unpaired) electrons. The summed E-state index contributed by atoms with van der Waals surface area (Å²) in [4.78, 5) is 17.7. The molecule has 0 saturated carbocycles. The highest BCUT2D eigenvalue weighted by Crippen LogP contribution is 2.31. The lowest BCUT2D eigenvalue weighted by molar-refractivity contribution is -0.0512. The molecule has 0 atom stereocenters. The molecule has 0 aliphatic heterocycles. The largest absolute Gasteiger partial charge is 0.494 e. The van der Waals surface area contributed by atoms with E-state index in [9.17, 15) is 13.6 Å². The highest BCUT2D eigenvalue weighted by atomic mass is 32.1. The van der Waals surface area contributed by atoms with Crippen molar-refractivity contribution in [2.75, 3.05) is 13.7 Å². The normalized spacial score (nSPS) is 10.8. The van der Waals surface area contributed by atoms with E-state index < -0.39 is 6.61 Å². The number of ether oxygens (including phenoxy) is 3. The molecule has 1 aromatic heterocycles. The lowest BCUT2D eigenvalue weighted by Gasteiger charge is -2.11. The fraction of sp³-hybridized carbons (Fsp3) is 0.273. The summed E-state index contributed by atoms with van der Waals surface area (Å²) in [5.41, 5.74) is 2.21. The average molecular weight is 448 g/mol. The minimum absolute atomic E-state index is 0.0640. The van der Waals surface area contributed by atoms with Crippen molar-refractivity contribution in [1.82, 2.24) is 10.3 Å². The fourth-order valence-corrected chi connectivity index (χ4v) is 3.86. The summed E-state index contributed by atoms with van der Waals surface area (Å²) in [5.74, 6) is 0.613. The van der Waals surface area contributed by atoms with Crippen molar-refractivity contribution >= 4 is 17.2 Å². The number of hydrogen-bond acceptors (Lipinski definition) is 6. The Balaban J connectivity index is 1.68. The first-order valence-electron chi connectivity index (χ1n) is 9.51. The zero-order valence-corrected chi connectivity index (χ0v) is 18.1. The quantitative estimate of drug-likeness (QED) is 0.496. The van der Waals surface area contributed by atoms with E-state index in [1.165, 1.54) is 24.5 Å². The van der Waals surface area contributed by atoms with E-state index in [0.717, 1.165) is 16.3 Å². The molecule has 6 nitrogen and oxygen atoms in total. The lowest BCUT2D eigenvalue weighted by atomic mass is 10.2. The minimum atomic E-state index is -2.95. The van der Waals surface area contributed by atoms with Crippen molar-refractivity contribution in [1.29, 1.82) is 0 Å². The Morgan fingerprint density at radius 2 is 1.90 bits per heavy atom. The first-order valence-corrected chi connectivity index (χ1v) is 10.3. The Hall–Kier alpha value is -3.20. The van der Waals surface area contributed by atoms with Crippen LogP contribution in [0.3, 0.4) is 0 Å². The molecule has 0 bridgehead atoms. The van der Waals surface area contributed by atoms with Gasteiger partial charge < -0.3 is 19.5 Å². The van der Waals surface area contributed by atoms with Crippen molar-refractivity contribution in [2.45, 2.75) is 27.0 Å². The highest BCUT2D eigenvalue weighted by Gasteiger charge is 2.17. The van der Waals surface area contributed by atoms with Crippen LogP contribution in [-0.4, -0.2) is 31.2 Å². The van der Waals surface area contributed by atoms with Gasteiger partial charge >= 0.3 is 6.61 Å².